The molecule has 0 unspecified atom stereocenters. The second-order valence-corrected chi connectivity index (χ2v) is 3.83. The molecule has 0 aromatic carbocycles. The maximum atomic E-state index is 12.3. The summed E-state index contributed by atoms with van der Waals surface area (Å²) in [6, 6.07) is 1.01. The Hall–Kier alpha value is -2.03. The average Bonchev–Trinajstić information content (AvgIpc) is 2.36. The van der Waals surface area contributed by atoms with Crippen LogP contribution in [0.5, 0.6) is 11.6 Å². The van der Waals surface area contributed by atoms with Crippen LogP contribution >= 0.6 is 0 Å². The van der Waals surface area contributed by atoms with Gasteiger partial charge < -0.3 is 19.9 Å². The number of aromatic nitrogens is 1. The van der Waals surface area contributed by atoms with Crippen LogP contribution in [-0.2, 0) is 22.5 Å². The van der Waals surface area contributed by atoms with E-state index in [1.54, 1.807) is 6.92 Å². The number of halogens is 3. The number of hydrogen-bond acceptors (Lipinski definition) is 6. The van der Waals surface area contributed by atoms with Crippen molar-refractivity contribution in [2.45, 2.75) is 26.3 Å². The summed E-state index contributed by atoms with van der Waals surface area (Å²) < 4.78 is 50.3. The average molecular weight is 308 g/mol. The highest BCUT2D eigenvalue weighted by Crippen LogP contribution is 2.29. The van der Waals surface area contributed by atoms with Crippen LogP contribution in [0.3, 0.4) is 0 Å². The van der Waals surface area contributed by atoms with E-state index in [2.05, 4.69) is 9.72 Å². The first-order valence-electron chi connectivity index (χ1n) is 5.99. The number of methoxy groups -OCH3 is 1. The van der Waals surface area contributed by atoms with Gasteiger partial charge in [0.1, 0.15) is 5.75 Å². The van der Waals surface area contributed by atoms with E-state index in [1.165, 1.54) is 7.11 Å². The summed E-state index contributed by atoms with van der Waals surface area (Å²) in [5, 5.41) is 0. The van der Waals surface area contributed by atoms with Gasteiger partial charge in [-0.15, -0.1) is 13.2 Å². The number of esters is 1. The highest BCUT2D eigenvalue weighted by Gasteiger charge is 2.32. The molecule has 0 aliphatic carbocycles. The van der Waals surface area contributed by atoms with Crippen LogP contribution in [0.15, 0.2) is 6.07 Å². The fourth-order valence-corrected chi connectivity index (χ4v) is 1.66. The van der Waals surface area contributed by atoms with Gasteiger partial charge in [0.05, 0.1) is 25.8 Å². The van der Waals surface area contributed by atoms with Gasteiger partial charge in [-0.3, -0.25) is 4.79 Å². The van der Waals surface area contributed by atoms with Crippen LogP contribution < -0.4 is 15.2 Å². The Labute approximate surface area is 119 Å². The number of alkyl halides is 3. The number of pyridine rings is 1. The molecule has 0 amide bonds. The lowest BCUT2D eigenvalue weighted by molar-refractivity contribution is -0.276. The van der Waals surface area contributed by atoms with E-state index < -0.39 is 18.2 Å². The first-order chi connectivity index (χ1) is 9.80. The number of nitrogens with two attached hydrogens (primary N) is 1. The molecule has 9 heteroatoms. The van der Waals surface area contributed by atoms with E-state index in [-0.39, 0.29) is 36.6 Å². The highest BCUT2D eigenvalue weighted by atomic mass is 19.4. The van der Waals surface area contributed by atoms with E-state index in [1.807, 2.05) is 0 Å². The topological polar surface area (TPSA) is 83.7 Å². The number of carbonyl (C=O) groups is 1. The minimum Gasteiger partial charge on any atom is -0.494 e. The smallest absolute Gasteiger partial charge is 0.494 e. The van der Waals surface area contributed by atoms with Gasteiger partial charge in [0, 0.05) is 18.2 Å². The first kappa shape index (κ1) is 17.0. The number of carbonyl (C=O) groups excluding carboxylic acids is 1. The van der Waals surface area contributed by atoms with Crippen LogP contribution in [0.4, 0.5) is 13.2 Å². The van der Waals surface area contributed by atoms with Crippen molar-refractivity contribution in [3.05, 3.63) is 17.3 Å². The first-order valence-corrected chi connectivity index (χ1v) is 5.99. The van der Waals surface area contributed by atoms with Crippen LogP contribution in [0, 0.1) is 0 Å². The van der Waals surface area contributed by atoms with Crippen LogP contribution in [0.25, 0.3) is 0 Å². The standard InChI is InChI=1S/C12H15F3N2O4/c1-3-20-10(18)5-8-11(19-2)7(6-16)4-9(17-8)21-12(13,14)15/h4H,3,5-6,16H2,1-2H3. The predicted octanol–water partition coefficient (Wildman–Crippen LogP) is 1.55. The third kappa shape index (κ3) is 5.10. The van der Waals surface area contributed by atoms with Gasteiger partial charge in [-0.25, -0.2) is 4.98 Å². The molecule has 2 N–H and O–H groups in total. The molecule has 1 aromatic heterocycles. The van der Waals surface area contributed by atoms with Crippen molar-refractivity contribution >= 4 is 5.97 Å². The van der Waals surface area contributed by atoms with Gasteiger partial charge >= 0.3 is 12.3 Å². The normalized spacial score (nSPS) is 11.1. The molecule has 0 atom stereocenters. The van der Waals surface area contributed by atoms with Gasteiger partial charge in [0.25, 0.3) is 0 Å². The maximum absolute atomic E-state index is 12.3. The molecule has 21 heavy (non-hydrogen) atoms. The molecule has 6 nitrogen and oxygen atoms in total. The Morgan fingerprint density at radius 3 is 2.57 bits per heavy atom. The Balaban J connectivity index is 3.18. The summed E-state index contributed by atoms with van der Waals surface area (Å²) >= 11 is 0. The zero-order valence-electron chi connectivity index (χ0n) is 11.5. The van der Waals surface area contributed by atoms with Crippen molar-refractivity contribution in [3.63, 3.8) is 0 Å². The monoisotopic (exact) mass is 308 g/mol. The second kappa shape index (κ2) is 7.11. The van der Waals surface area contributed by atoms with Crippen molar-refractivity contribution < 1.29 is 32.2 Å². The maximum Gasteiger partial charge on any atom is 0.574 e. The van der Waals surface area contributed by atoms with Crippen molar-refractivity contribution in [3.8, 4) is 11.6 Å². The van der Waals surface area contributed by atoms with Crippen LogP contribution in [-0.4, -0.2) is 31.0 Å². The van der Waals surface area contributed by atoms with Crippen molar-refractivity contribution in [1.29, 1.82) is 0 Å². The van der Waals surface area contributed by atoms with E-state index in [0.29, 0.717) is 0 Å². The molecule has 1 rings (SSSR count). The van der Waals surface area contributed by atoms with Gasteiger partial charge in [-0.2, -0.15) is 0 Å². The fourth-order valence-electron chi connectivity index (χ4n) is 1.66. The molecular formula is C12H15F3N2O4. The number of ether oxygens (including phenoxy) is 3. The zero-order valence-corrected chi connectivity index (χ0v) is 11.5. The molecule has 0 fully saturated rings. The van der Waals surface area contributed by atoms with Gasteiger partial charge in [0.15, 0.2) is 0 Å². The highest BCUT2D eigenvalue weighted by molar-refractivity contribution is 5.73. The summed E-state index contributed by atoms with van der Waals surface area (Å²) in [5.74, 6) is -1.21. The van der Waals surface area contributed by atoms with Crippen LogP contribution in [0.2, 0.25) is 0 Å². The van der Waals surface area contributed by atoms with Crippen molar-refractivity contribution in [2.75, 3.05) is 13.7 Å². The molecule has 0 aliphatic rings. The number of rotatable bonds is 6. The SMILES string of the molecule is CCOC(=O)Cc1nc(OC(F)(F)F)cc(CN)c1OC. The molecule has 0 aliphatic heterocycles. The Kier molecular flexibility index (Phi) is 5.77. The molecule has 0 bridgehead atoms. The number of nitrogens with zero attached hydrogens (tertiary/aromatic N) is 1. The Morgan fingerprint density at radius 2 is 2.10 bits per heavy atom. The van der Waals surface area contributed by atoms with Crippen molar-refractivity contribution in [1.82, 2.24) is 4.98 Å². The largest absolute Gasteiger partial charge is 0.574 e. The number of hydrogen-bond donors (Lipinski definition) is 1. The lowest BCUT2D eigenvalue weighted by Gasteiger charge is -2.15. The van der Waals surface area contributed by atoms with E-state index >= 15 is 0 Å². The molecule has 118 valence electrons. The molecular weight excluding hydrogens is 293 g/mol. The predicted molar refractivity (Wildman–Crippen MR) is 65.7 cm³/mol. The minimum atomic E-state index is -4.89. The van der Waals surface area contributed by atoms with E-state index in [0.717, 1.165) is 6.07 Å². The third-order valence-corrected chi connectivity index (χ3v) is 2.36. The van der Waals surface area contributed by atoms with Gasteiger partial charge in [-0.1, -0.05) is 0 Å². The zero-order chi connectivity index (χ0) is 16.0. The van der Waals surface area contributed by atoms with Gasteiger partial charge in [-0.05, 0) is 6.92 Å². The van der Waals surface area contributed by atoms with E-state index in [4.69, 9.17) is 15.2 Å². The van der Waals surface area contributed by atoms with Crippen LogP contribution in [0.1, 0.15) is 18.2 Å². The molecule has 1 heterocycles. The molecule has 0 spiro atoms. The van der Waals surface area contributed by atoms with Gasteiger partial charge in [0.2, 0.25) is 5.88 Å². The molecule has 0 radical (unpaired) electrons. The quantitative estimate of drug-likeness (QED) is 0.803. The lowest BCUT2D eigenvalue weighted by Crippen LogP contribution is -2.19. The second-order valence-electron chi connectivity index (χ2n) is 3.83. The summed E-state index contributed by atoms with van der Waals surface area (Å²) in [6.45, 7) is 1.65. The Bertz CT molecular complexity index is 506. The fraction of sp³-hybridized carbons (Fsp3) is 0.500. The van der Waals surface area contributed by atoms with Crippen molar-refractivity contribution in [2.24, 2.45) is 5.73 Å². The molecule has 0 saturated heterocycles. The molecule has 1 aromatic rings. The summed E-state index contributed by atoms with van der Waals surface area (Å²) in [7, 11) is 1.30. The Morgan fingerprint density at radius 1 is 1.43 bits per heavy atom. The molecule has 0 saturated carbocycles. The lowest BCUT2D eigenvalue weighted by atomic mass is 10.1. The summed E-state index contributed by atoms with van der Waals surface area (Å²) in [4.78, 5) is 15.1. The van der Waals surface area contributed by atoms with E-state index in [9.17, 15) is 18.0 Å². The third-order valence-electron chi connectivity index (χ3n) is 2.36. The summed E-state index contributed by atoms with van der Waals surface area (Å²) in [6.07, 6.45) is -5.24. The minimum absolute atomic E-state index is 0.0295. The summed E-state index contributed by atoms with van der Waals surface area (Å²) in [5.41, 5.74) is 5.67.